The number of carbonyl (C=O) groups is 1. The first-order chi connectivity index (χ1) is 11.8. The Morgan fingerprint density at radius 2 is 1.14 bits per heavy atom. The predicted octanol–water partition coefficient (Wildman–Crippen LogP) is 3.46. The molecule has 0 saturated carbocycles. The van der Waals surface area contributed by atoms with Crippen LogP contribution in [0.1, 0.15) is 0 Å². The number of hydrogen-bond donors (Lipinski definition) is 0. The van der Waals surface area contributed by atoms with Gasteiger partial charge in [-0.3, -0.25) is 14.3 Å². The standard InChI is InChI=1S/C8H2F14O5S/c9-2(23)4(12,6(14,15)16)27-8(20,21)5(13,7(17,18)19)26-3(10,11)1-28(22,24)25/h1H2. The first kappa shape index (κ1) is 26.6. The smallest absolute Gasteiger partial charge is 0.267 e. The molecule has 2 unspecified atom stereocenters. The Labute approximate surface area is 143 Å². The summed E-state index contributed by atoms with van der Waals surface area (Å²) < 4.78 is 200. The van der Waals surface area contributed by atoms with Crippen LogP contribution in [-0.2, 0) is 24.5 Å². The van der Waals surface area contributed by atoms with Crippen LogP contribution in [0, 0.1) is 0 Å². The van der Waals surface area contributed by atoms with Gasteiger partial charge < -0.3 is 0 Å². The zero-order valence-electron chi connectivity index (χ0n) is 11.9. The van der Waals surface area contributed by atoms with E-state index >= 15 is 0 Å². The Kier molecular flexibility index (Phi) is 6.75. The van der Waals surface area contributed by atoms with E-state index in [2.05, 4.69) is 0 Å². The van der Waals surface area contributed by atoms with Gasteiger partial charge in [0.15, 0.2) is 5.75 Å². The van der Waals surface area contributed by atoms with E-state index in [1.165, 1.54) is 0 Å². The van der Waals surface area contributed by atoms with Crippen molar-refractivity contribution in [2.45, 2.75) is 36.3 Å². The summed E-state index contributed by atoms with van der Waals surface area (Å²) in [5, 5.41) is 0. The maximum absolute atomic E-state index is 13.5. The Balaban J connectivity index is 6.38. The second-order valence-electron chi connectivity index (χ2n) is 4.50. The van der Waals surface area contributed by atoms with Crippen molar-refractivity contribution in [1.82, 2.24) is 0 Å². The zero-order valence-corrected chi connectivity index (χ0v) is 12.8. The van der Waals surface area contributed by atoms with Gasteiger partial charge in [-0.05, 0) is 0 Å². The minimum Gasteiger partial charge on any atom is -0.267 e. The lowest BCUT2D eigenvalue weighted by atomic mass is 10.2. The molecular formula is C8H2F14O5S. The molecule has 0 aromatic carbocycles. The highest BCUT2D eigenvalue weighted by Crippen LogP contribution is 2.52. The highest BCUT2D eigenvalue weighted by molar-refractivity contribution is 7.86. The van der Waals surface area contributed by atoms with Crippen molar-refractivity contribution >= 4 is 16.3 Å². The molecule has 0 amide bonds. The molecule has 0 N–H and O–H groups in total. The fourth-order valence-corrected chi connectivity index (χ4v) is 1.63. The van der Waals surface area contributed by atoms with E-state index in [1.54, 1.807) is 9.47 Å². The quantitative estimate of drug-likeness (QED) is 0.397. The van der Waals surface area contributed by atoms with E-state index < -0.39 is 58.3 Å². The molecule has 0 aromatic rings. The zero-order chi connectivity index (χ0) is 23.2. The number of hydrogen-bond acceptors (Lipinski definition) is 5. The Morgan fingerprint density at radius 1 is 0.750 bits per heavy atom. The Morgan fingerprint density at radius 3 is 1.39 bits per heavy atom. The van der Waals surface area contributed by atoms with Gasteiger partial charge >= 0.3 is 52.5 Å². The first-order valence-electron chi connectivity index (χ1n) is 5.61. The van der Waals surface area contributed by atoms with Gasteiger partial charge in [-0.15, -0.1) is 3.89 Å². The molecule has 0 aromatic heterocycles. The maximum Gasteiger partial charge on any atom is 0.459 e. The molecule has 20 heteroatoms. The number of carbonyl (C=O) groups excluding carboxylic acids is 1. The van der Waals surface area contributed by atoms with Gasteiger partial charge in [0.05, 0.1) is 0 Å². The lowest BCUT2D eigenvalue weighted by Gasteiger charge is -2.37. The van der Waals surface area contributed by atoms with Crippen molar-refractivity contribution in [2.24, 2.45) is 0 Å². The molecule has 0 spiro atoms. The van der Waals surface area contributed by atoms with Crippen molar-refractivity contribution < 1.29 is 83.6 Å². The van der Waals surface area contributed by atoms with Gasteiger partial charge in [-0.1, -0.05) is 0 Å². The fourth-order valence-electron chi connectivity index (χ4n) is 1.17. The van der Waals surface area contributed by atoms with Crippen LogP contribution in [0.25, 0.3) is 0 Å². The van der Waals surface area contributed by atoms with Crippen molar-refractivity contribution in [1.29, 1.82) is 0 Å². The summed E-state index contributed by atoms with van der Waals surface area (Å²) in [4.78, 5) is 9.90. The van der Waals surface area contributed by atoms with Gasteiger partial charge in [-0.25, -0.2) is 0 Å². The molecule has 0 rings (SSSR count). The molecule has 0 aliphatic carbocycles. The normalized spacial score (nSPS) is 19.1. The molecular weight excluding hydrogens is 474 g/mol. The third kappa shape index (κ3) is 5.55. The van der Waals surface area contributed by atoms with E-state index in [-0.39, 0.29) is 0 Å². The number of rotatable bonds is 8. The monoisotopic (exact) mass is 476 g/mol. The van der Waals surface area contributed by atoms with E-state index in [4.69, 9.17) is 0 Å². The Hall–Kier alpha value is -1.44. The van der Waals surface area contributed by atoms with E-state index in [9.17, 15) is 74.2 Å². The van der Waals surface area contributed by atoms with Gasteiger partial charge in [-0.2, -0.15) is 65.5 Å². The molecule has 0 aliphatic rings. The van der Waals surface area contributed by atoms with Crippen molar-refractivity contribution in [3.8, 4) is 0 Å². The highest BCUT2D eigenvalue weighted by Gasteiger charge is 2.81. The van der Waals surface area contributed by atoms with Crippen molar-refractivity contribution in [3.05, 3.63) is 0 Å². The summed E-state index contributed by atoms with van der Waals surface area (Å²) in [6.07, 6.45) is -28.8. The second kappa shape index (κ2) is 7.11. The van der Waals surface area contributed by atoms with Crippen molar-refractivity contribution in [3.63, 3.8) is 0 Å². The van der Waals surface area contributed by atoms with E-state index in [1.807, 2.05) is 0 Å². The number of ether oxygens (including phenoxy) is 2. The molecule has 0 aliphatic heterocycles. The van der Waals surface area contributed by atoms with E-state index in [0.29, 0.717) is 0 Å². The van der Waals surface area contributed by atoms with E-state index in [0.717, 1.165) is 0 Å². The number of halogens is 14. The summed E-state index contributed by atoms with van der Waals surface area (Å²) in [6, 6.07) is -4.61. The highest BCUT2D eigenvalue weighted by atomic mass is 32.3. The van der Waals surface area contributed by atoms with Crippen LogP contribution in [0.3, 0.4) is 0 Å². The summed E-state index contributed by atoms with van der Waals surface area (Å²) in [7, 11) is -6.58. The van der Waals surface area contributed by atoms with Crippen LogP contribution in [0.2, 0.25) is 0 Å². The van der Waals surface area contributed by atoms with Gasteiger partial charge in [0.2, 0.25) is 0 Å². The topological polar surface area (TPSA) is 69.7 Å². The van der Waals surface area contributed by atoms with Crippen LogP contribution in [0.15, 0.2) is 0 Å². The molecule has 0 radical (unpaired) electrons. The third-order valence-electron chi connectivity index (χ3n) is 2.26. The third-order valence-corrected chi connectivity index (χ3v) is 2.94. The lowest BCUT2D eigenvalue weighted by molar-refractivity contribution is -0.522. The Bertz CT molecular complexity index is 698. The van der Waals surface area contributed by atoms with Crippen LogP contribution in [0.5, 0.6) is 0 Å². The van der Waals surface area contributed by atoms with Gasteiger partial charge in [0.1, 0.15) is 0 Å². The molecule has 5 nitrogen and oxygen atoms in total. The van der Waals surface area contributed by atoms with Gasteiger partial charge in [0, 0.05) is 0 Å². The molecule has 0 fully saturated rings. The summed E-state index contributed by atoms with van der Waals surface area (Å²) in [5.74, 6) is -18.1. The minimum absolute atomic E-state index is 1.57. The van der Waals surface area contributed by atoms with Crippen LogP contribution in [-0.4, -0.2) is 56.5 Å². The fraction of sp³-hybridized carbons (Fsp3) is 0.875. The van der Waals surface area contributed by atoms with Crippen LogP contribution in [0.4, 0.5) is 61.0 Å². The largest absolute Gasteiger partial charge is 0.459 e. The molecule has 28 heavy (non-hydrogen) atoms. The summed E-state index contributed by atoms with van der Waals surface area (Å²) >= 11 is 0. The second-order valence-corrected chi connectivity index (χ2v) is 5.87. The summed E-state index contributed by atoms with van der Waals surface area (Å²) in [6.45, 7) is 0. The summed E-state index contributed by atoms with van der Waals surface area (Å²) in [5.41, 5.74) is 0. The minimum atomic E-state index is -7.62. The first-order valence-corrected chi connectivity index (χ1v) is 7.16. The number of alkyl halides is 12. The SMILES string of the molecule is O=C(F)C(F)(OC(F)(F)C(F)(OC(F)(F)CS(=O)(=O)F)C(F)(F)F)C(F)(F)F. The predicted molar refractivity (Wildman–Crippen MR) is 52.9 cm³/mol. The average molecular weight is 476 g/mol. The lowest BCUT2D eigenvalue weighted by Crippen LogP contribution is -2.65. The van der Waals surface area contributed by atoms with Crippen molar-refractivity contribution in [2.75, 3.05) is 5.75 Å². The van der Waals surface area contributed by atoms with Gasteiger partial charge in [0.25, 0.3) is 0 Å². The molecule has 0 saturated heterocycles. The molecule has 0 heterocycles. The molecule has 168 valence electrons. The van der Waals surface area contributed by atoms with Crippen LogP contribution >= 0.6 is 0 Å². The van der Waals surface area contributed by atoms with Crippen LogP contribution < -0.4 is 0 Å². The average Bonchev–Trinajstić information content (AvgIpc) is 2.30. The maximum atomic E-state index is 13.5. The molecule has 2 atom stereocenters. The molecule has 0 bridgehead atoms.